The van der Waals surface area contributed by atoms with E-state index in [1.807, 2.05) is 15.6 Å². The van der Waals surface area contributed by atoms with Crippen LogP contribution in [0.5, 0.6) is 0 Å². The molecule has 1 fully saturated rings. The van der Waals surface area contributed by atoms with Crippen LogP contribution in [0.3, 0.4) is 0 Å². The Hall–Kier alpha value is -2.71. The molecule has 0 atom stereocenters. The minimum atomic E-state index is -0.469. The van der Waals surface area contributed by atoms with Crippen molar-refractivity contribution in [2.24, 2.45) is 5.92 Å². The van der Waals surface area contributed by atoms with E-state index in [1.54, 1.807) is 7.05 Å². The van der Waals surface area contributed by atoms with E-state index >= 15 is 0 Å². The molecule has 2 aromatic rings. The molecule has 2 aromatic heterocycles. The van der Waals surface area contributed by atoms with Gasteiger partial charge in [-0.2, -0.15) is 10.1 Å². The van der Waals surface area contributed by atoms with Gasteiger partial charge in [-0.1, -0.05) is 12.8 Å². The molecule has 8 nitrogen and oxygen atoms in total. The second kappa shape index (κ2) is 7.50. The van der Waals surface area contributed by atoms with E-state index in [9.17, 15) is 9.18 Å². The number of aromatic nitrogens is 4. The van der Waals surface area contributed by atoms with Crippen molar-refractivity contribution in [3.8, 4) is 0 Å². The second-order valence-electron chi connectivity index (χ2n) is 7.09. The van der Waals surface area contributed by atoms with Gasteiger partial charge in [-0.15, -0.1) is 0 Å². The van der Waals surface area contributed by atoms with Crippen molar-refractivity contribution in [3.05, 3.63) is 29.5 Å². The van der Waals surface area contributed by atoms with E-state index in [0.717, 1.165) is 37.1 Å². The van der Waals surface area contributed by atoms with Crippen LogP contribution < -0.4 is 15.5 Å². The Morgan fingerprint density at radius 1 is 1.33 bits per heavy atom. The molecule has 1 aliphatic heterocycles. The fourth-order valence-corrected chi connectivity index (χ4v) is 3.78. The molecule has 0 radical (unpaired) electrons. The third-order valence-corrected chi connectivity index (χ3v) is 5.27. The summed E-state index contributed by atoms with van der Waals surface area (Å²) in [6, 6.07) is 2.00. The van der Waals surface area contributed by atoms with Crippen molar-refractivity contribution in [2.75, 3.05) is 23.8 Å². The van der Waals surface area contributed by atoms with Gasteiger partial charge in [0.15, 0.2) is 11.6 Å². The fraction of sp³-hybridized carbons (Fsp3) is 0.556. The van der Waals surface area contributed by atoms with Crippen LogP contribution in [0, 0.1) is 11.7 Å². The van der Waals surface area contributed by atoms with Crippen molar-refractivity contribution >= 4 is 17.7 Å². The Kier molecular flexibility index (Phi) is 4.91. The zero-order chi connectivity index (χ0) is 18.8. The first-order valence-corrected chi connectivity index (χ1v) is 9.42. The lowest BCUT2D eigenvalue weighted by Crippen LogP contribution is -2.35. The van der Waals surface area contributed by atoms with Crippen LogP contribution in [0.2, 0.25) is 0 Å². The smallest absolute Gasteiger partial charge is 0.227 e. The van der Waals surface area contributed by atoms with E-state index in [0.29, 0.717) is 32.1 Å². The molecule has 27 heavy (non-hydrogen) atoms. The average Bonchev–Trinajstić information content (AvgIpc) is 3.35. The number of halogens is 1. The van der Waals surface area contributed by atoms with Gasteiger partial charge < -0.3 is 15.5 Å². The van der Waals surface area contributed by atoms with Gasteiger partial charge in [-0.3, -0.25) is 9.48 Å². The molecule has 4 rings (SSSR count). The number of hydrogen-bond acceptors (Lipinski definition) is 6. The molecule has 1 amide bonds. The Bertz CT molecular complexity index is 831. The molecular weight excluding hydrogens is 349 g/mol. The molecule has 0 bridgehead atoms. The summed E-state index contributed by atoms with van der Waals surface area (Å²) < 4.78 is 15.5. The Balaban J connectivity index is 1.40. The third kappa shape index (κ3) is 3.72. The van der Waals surface area contributed by atoms with Crippen LogP contribution in [0.4, 0.5) is 16.2 Å². The zero-order valence-corrected chi connectivity index (χ0v) is 15.4. The first-order chi connectivity index (χ1) is 13.1. The molecule has 144 valence electrons. The molecule has 2 N–H and O–H groups in total. The van der Waals surface area contributed by atoms with Gasteiger partial charge in [-0.25, -0.2) is 9.37 Å². The van der Waals surface area contributed by atoms with Gasteiger partial charge in [0.1, 0.15) is 0 Å². The minimum Gasteiger partial charge on any atom is -0.371 e. The fourth-order valence-electron chi connectivity index (χ4n) is 3.78. The van der Waals surface area contributed by atoms with Crippen LogP contribution in [0.15, 0.2) is 12.3 Å². The molecule has 9 heteroatoms. The molecule has 0 aromatic carbocycles. The van der Waals surface area contributed by atoms with Crippen LogP contribution in [0.25, 0.3) is 0 Å². The Morgan fingerprint density at radius 3 is 2.93 bits per heavy atom. The predicted molar refractivity (Wildman–Crippen MR) is 98.6 cm³/mol. The number of fused-ring (bicyclic) bond motifs is 1. The molecule has 0 saturated heterocycles. The SMILES string of the molecule is CNc1nc(N2CCn3nc(CNC(=O)C4CCCC4)cc3C2)ncc1F. The molecule has 1 saturated carbocycles. The summed E-state index contributed by atoms with van der Waals surface area (Å²) in [5.41, 5.74) is 1.89. The lowest BCUT2D eigenvalue weighted by atomic mass is 10.1. The first kappa shape index (κ1) is 17.7. The van der Waals surface area contributed by atoms with E-state index in [1.165, 1.54) is 6.20 Å². The predicted octanol–water partition coefficient (Wildman–Crippen LogP) is 1.68. The van der Waals surface area contributed by atoms with Crippen molar-refractivity contribution in [2.45, 2.75) is 45.3 Å². The third-order valence-electron chi connectivity index (χ3n) is 5.27. The normalized spacial score (nSPS) is 17.0. The first-order valence-electron chi connectivity index (χ1n) is 9.42. The van der Waals surface area contributed by atoms with E-state index in [-0.39, 0.29) is 17.6 Å². The average molecular weight is 373 g/mol. The van der Waals surface area contributed by atoms with Crippen LogP contribution in [0.1, 0.15) is 37.1 Å². The number of carbonyl (C=O) groups excluding carboxylic acids is 1. The van der Waals surface area contributed by atoms with Crippen LogP contribution in [-0.4, -0.2) is 39.2 Å². The highest BCUT2D eigenvalue weighted by molar-refractivity contribution is 5.78. The standard InChI is InChI=1S/C18H24FN7O/c1-20-16-15(19)10-22-18(23-16)25-6-7-26-14(11-25)8-13(24-26)9-21-17(27)12-4-2-3-5-12/h8,10,12H,2-7,9,11H2,1H3,(H,21,27)(H,20,22,23). The maximum absolute atomic E-state index is 13.6. The quantitative estimate of drug-likeness (QED) is 0.829. The largest absolute Gasteiger partial charge is 0.371 e. The van der Waals surface area contributed by atoms with Gasteiger partial charge in [0.2, 0.25) is 11.9 Å². The summed E-state index contributed by atoms with van der Waals surface area (Å²) in [5, 5.41) is 10.3. The number of anilines is 2. The summed E-state index contributed by atoms with van der Waals surface area (Å²) in [6.07, 6.45) is 5.46. The number of nitrogens with zero attached hydrogens (tertiary/aromatic N) is 5. The molecule has 3 heterocycles. The molecule has 0 unspecified atom stereocenters. The maximum atomic E-state index is 13.6. The highest BCUT2D eigenvalue weighted by atomic mass is 19.1. The summed E-state index contributed by atoms with van der Waals surface area (Å²) >= 11 is 0. The lowest BCUT2D eigenvalue weighted by molar-refractivity contribution is -0.124. The summed E-state index contributed by atoms with van der Waals surface area (Å²) in [5.74, 6) is 0.511. The highest BCUT2D eigenvalue weighted by Crippen LogP contribution is 2.25. The van der Waals surface area contributed by atoms with Crippen molar-refractivity contribution in [1.29, 1.82) is 0 Å². The molecule has 0 spiro atoms. The number of hydrogen-bond donors (Lipinski definition) is 2. The van der Waals surface area contributed by atoms with Crippen molar-refractivity contribution in [3.63, 3.8) is 0 Å². The lowest BCUT2D eigenvalue weighted by Gasteiger charge is -2.27. The number of rotatable bonds is 5. The summed E-state index contributed by atoms with van der Waals surface area (Å²) in [7, 11) is 1.63. The molecule has 2 aliphatic rings. The summed E-state index contributed by atoms with van der Waals surface area (Å²) in [4.78, 5) is 22.5. The van der Waals surface area contributed by atoms with Gasteiger partial charge in [-0.05, 0) is 18.9 Å². The van der Waals surface area contributed by atoms with Gasteiger partial charge >= 0.3 is 0 Å². The van der Waals surface area contributed by atoms with E-state index < -0.39 is 5.82 Å². The van der Waals surface area contributed by atoms with Gasteiger partial charge in [0.25, 0.3) is 0 Å². The number of amides is 1. The topological polar surface area (TPSA) is 88.0 Å². The van der Waals surface area contributed by atoms with Crippen molar-refractivity contribution < 1.29 is 9.18 Å². The van der Waals surface area contributed by atoms with Crippen molar-refractivity contribution in [1.82, 2.24) is 25.1 Å². The number of nitrogens with one attached hydrogen (secondary N) is 2. The van der Waals surface area contributed by atoms with Gasteiger partial charge in [0, 0.05) is 19.5 Å². The van der Waals surface area contributed by atoms with Crippen LogP contribution in [-0.2, 0) is 24.4 Å². The second-order valence-corrected chi connectivity index (χ2v) is 7.09. The highest BCUT2D eigenvalue weighted by Gasteiger charge is 2.24. The molecule has 1 aliphatic carbocycles. The minimum absolute atomic E-state index is 0.138. The van der Waals surface area contributed by atoms with E-state index in [4.69, 9.17) is 0 Å². The van der Waals surface area contributed by atoms with E-state index in [2.05, 4.69) is 25.7 Å². The molecular formula is C18H24FN7O. The summed E-state index contributed by atoms with van der Waals surface area (Å²) in [6.45, 7) is 2.43. The monoisotopic (exact) mass is 373 g/mol. The zero-order valence-electron chi connectivity index (χ0n) is 15.4. The van der Waals surface area contributed by atoms with Crippen LogP contribution >= 0.6 is 0 Å². The Labute approximate surface area is 157 Å². The Morgan fingerprint density at radius 2 is 2.15 bits per heavy atom. The van der Waals surface area contributed by atoms with Gasteiger partial charge in [0.05, 0.1) is 37.2 Å². The maximum Gasteiger partial charge on any atom is 0.227 e. The number of carbonyl (C=O) groups is 1.